The summed E-state index contributed by atoms with van der Waals surface area (Å²) in [6.45, 7) is 0. The number of carbonyl (C=O) groups excluding carboxylic acids is 1. The van der Waals surface area contributed by atoms with Gasteiger partial charge >= 0.3 is 0 Å². The van der Waals surface area contributed by atoms with Crippen LogP contribution >= 0.6 is 0 Å². The number of anilines is 2. The molecule has 3 nitrogen and oxygen atoms in total. The summed E-state index contributed by atoms with van der Waals surface area (Å²) in [7, 11) is 0. The van der Waals surface area contributed by atoms with Gasteiger partial charge in [0.05, 0.1) is 11.3 Å². The largest absolute Gasteiger partial charge is 0.398 e. The number of para-hydroxylation sites is 1. The zero-order valence-electron chi connectivity index (χ0n) is 9.58. The molecular formula is C13H9F3N2O. The van der Waals surface area contributed by atoms with E-state index in [0.717, 1.165) is 0 Å². The molecule has 0 heterocycles. The summed E-state index contributed by atoms with van der Waals surface area (Å²) >= 11 is 0. The van der Waals surface area contributed by atoms with Gasteiger partial charge in [0.2, 0.25) is 0 Å². The third kappa shape index (κ3) is 2.67. The second-order valence-electron chi connectivity index (χ2n) is 3.79. The Bertz CT molecular complexity index is 644. The van der Waals surface area contributed by atoms with E-state index in [-0.39, 0.29) is 11.3 Å². The van der Waals surface area contributed by atoms with E-state index in [2.05, 4.69) is 5.32 Å². The maximum absolute atomic E-state index is 13.4. The molecule has 2 rings (SSSR count). The molecule has 2 aromatic rings. The highest BCUT2D eigenvalue weighted by Crippen LogP contribution is 2.20. The van der Waals surface area contributed by atoms with E-state index in [4.69, 9.17) is 5.73 Å². The van der Waals surface area contributed by atoms with Crippen LogP contribution in [-0.2, 0) is 0 Å². The van der Waals surface area contributed by atoms with Crippen LogP contribution in [0.25, 0.3) is 0 Å². The van der Waals surface area contributed by atoms with Gasteiger partial charge in [0.25, 0.3) is 5.91 Å². The van der Waals surface area contributed by atoms with Gasteiger partial charge in [-0.2, -0.15) is 0 Å². The number of nitrogens with two attached hydrogens (primary N) is 1. The SMILES string of the molecule is Nc1ccccc1C(=O)Nc1cc(F)c(F)cc1F. The van der Waals surface area contributed by atoms with Crippen molar-refractivity contribution >= 4 is 17.3 Å². The summed E-state index contributed by atoms with van der Waals surface area (Å²) in [5.41, 5.74) is 5.44. The highest BCUT2D eigenvalue weighted by molar-refractivity contribution is 6.07. The molecule has 1 amide bonds. The lowest BCUT2D eigenvalue weighted by atomic mass is 10.1. The summed E-state index contributed by atoms with van der Waals surface area (Å²) in [5, 5.41) is 2.13. The molecule has 0 saturated heterocycles. The monoisotopic (exact) mass is 266 g/mol. The van der Waals surface area contributed by atoms with Crippen molar-refractivity contribution in [1.29, 1.82) is 0 Å². The number of hydrogen-bond donors (Lipinski definition) is 2. The van der Waals surface area contributed by atoms with Crippen molar-refractivity contribution in [2.45, 2.75) is 0 Å². The summed E-state index contributed by atoms with van der Waals surface area (Å²) in [5.74, 6) is -4.35. The highest BCUT2D eigenvalue weighted by Gasteiger charge is 2.14. The van der Waals surface area contributed by atoms with Gasteiger partial charge in [0.15, 0.2) is 11.6 Å². The molecule has 0 aliphatic carbocycles. The first-order valence-electron chi connectivity index (χ1n) is 5.29. The van der Waals surface area contributed by atoms with Crippen LogP contribution in [-0.4, -0.2) is 5.91 Å². The van der Waals surface area contributed by atoms with E-state index in [1.165, 1.54) is 12.1 Å². The highest BCUT2D eigenvalue weighted by atomic mass is 19.2. The summed E-state index contributed by atoms with van der Waals surface area (Å²) in [4.78, 5) is 11.8. The number of halogens is 3. The molecule has 0 spiro atoms. The van der Waals surface area contributed by atoms with Crippen molar-refractivity contribution in [3.8, 4) is 0 Å². The van der Waals surface area contributed by atoms with Gasteiger partial charge in [-0.05, 0) is 12.1 Å². The van der Waals surface area contributed by atoms with Gasteiger partial charge in [-0.25, -0.2) is 13.2 Å². The van der Waals surface area contributed by atoms with Crippen molar-refractivity contribution in [1.82, 2.24) is 0 Å². The summed E-state index contributed by atoms with van der Waals surface area (Å²) in [6.07, 6.45) is 0. The van der Waals surface area contributed by atoms with E-state index in [1.54, 1.807) is 12.1 Å². The summed E-state index contributed by atoms with van der Waals surface area (Å²) < 4.78 is 39.1. The molecular weight excluding hydrogens is 257 g/mol. The van der Waals surface area contributed by atoms with Gasteiger partial charge in [0, 0.05) is 17.8 Å². The first kappa shape index (κ1) is 12.9. The molecule has 0 aliphatic rings. The standard InChI is InChI=1S/C13H9F3N2O/c14-8-5-10(16)12(6-9(8)15)18-13(19)7-3-1-2-4-11(7)17/h1-6H,17H2,(H,18,19). The van der Waals surface area contributed by atoms with Crippen molar-refractivity contribution in [2.75, 3.05) is 11.1 Å². The molecule has 98 valence electrons. The van der Waals surface area contributed by atoms with Crippen molar-refractivity contribution in [3.63, 3.8) is 0 Å². The number of amides is 1. The number of rotatable bonds is 2. The predicted molar refractivity (Wildman–Crippen MR) is 65.1 cm³/mol. The third-order valence-electron chi connectivity index (χ3n) is 2.46. The van der Waals surface area contributed by atoms with E-state index in [9.17, 15) is 18.0 Å². The fourth-order valence-electron chi connectivity index (χ4n) is 1.51. The maximum Gasteiger partial charge on any atom is 0.257 e. The first-order chi connectivity index (χ1) is 8.99. The first-order valence-corrected chi connectivity index (χ1v) is 5.29. The Hall–Kier alpha value is -2.50. The average Bonchev–Trinajstić information content (AvgIpc) is 2.36. The van der Waals surface area contributed by atoms with Crippen LogP contribution in [0.2, 0.25) is 0 Å². The molecule has 2 aromatic carbocycles. The Balaban J connectivity index is 2.30. The number of benzene rings is 2. The molecule has 0 fully saturated rings. The number of carbonyl (C=O) groups is 1. The molecule has 3 N–H and O–H groups in total. The second-order valence-corrected chi connectivity index (χ2v) is 3.79. The van der Waals surface area contributed by atoms with E-state index >= 15 is 0 Å². The summed E-state index contributed by atoms with van der Waals surface area (Å²) in [6, 6.07) is 7.07. The van der Waals surface area contributed by atoms with Gasteiger partial charge < -0.3 is 11.1 Å². The quantitative estimate of drug-likeness (QED) is 0.648. The molecule has 0 aliphatic heterocycles. The molecule has 0 saturated carbocycles. The van der Waals surface area contributed by atoms with Crippen LogP contribution in [0.5, 0.6) is 0 Å². The van der Waals surface area contributed by atoms with Crippen molar-refractivity contribution in [2.24, 2.45) is 0 Å². The maximum atomic E-state index is 13.4. The van der Waals surface area contributed by atoms with Gasteiger partial charge in [-0.3, -0.25) is 4.79 Å². The zero-order chi connectivity index (χ0) is 14.0. The van der Waals surface area contributed by atoms with Crippen molar-refractivity contribution < 1.29 is 18.0 Å². The smallest absolute Gasteiger partial charge is 0.257 e. The molecule has 0 atom stereocenters. The molecule has 0 radical (unpaired) electrons. The van der Waals surface area contributed by atoms with Crippen molar-refractivity contribution in [3.05, 3.63) is 59.4 Å². The average molecular weight is 266 g/mol. The molecule has 0 unspecified atom stereocenters. The van der Waals surface area contributed by atoms with E-state index in [1.807, 2.05) is 0 Å². The Morgan fingerprint density at radius 2 is 1.63 bits per heavy atom. The minimum Gasteiger partial charge on any atom is -0.398 e. The lowest BCUT2D eigenvalue weighted by Crippen LogP contribution is -2.15. The zero-order valence-corrected chi connectivity index (χ0v) is 9.58. The molecule has 0 aromatic heterocycles. The number of nitrogens with one attached hydrogen (secondary N) is 1. The minimum atomic E-state index is -1.32. The third-order valence-corrected chi connectivity index (χ3v) is 2.46. The van der Waals surface area contributed by atoms with Crippen LogP contribution in [0, 0.1) is 17.5 Å². The second kappa shape index (κ2) is 5.01. The lowest BCUT2D eigenvalue weighted by Gasteiger charge is -2.08. The minimum absolute atomic E-state index is 0.117. The molecule has 0 bridgehead atoms. The molecule has 19 heavy (non-hydrogen) atoms. The Labute approximate surface area is 106 Å². The van der Waals surface area contributed by atoms with Crippen LogP contribution < -0.4 is 11.1 Å². The van der Waals surface area contributed by atoms with E-state index < -0.39 is 29.0 Å². The van der Waals surface area contributed by atoms with Crippen LogP contribution in [0.3, 0.4) is 0 Å². The molecule has 6 heteroatoms. The van der Waals surface area contributed by atoms with Crippen LogP contribution in [0.1, 0.15) is 10.4 Å². The van der Waals surface area contributed by atoms with Crippen LogP contribution in [0.15, 0.2) is 36.4 Å². The topological polar surface area (TPSA) is 55.1 Å². The Morgan fingerprint density at radius 1 is 1.00 bits per heavy atom. The fraction of sp³-hybridized carbons (Fsp3) is 0. The number of hydrogen-bond acceptors (Lipinski definition) is 2. The Kier molecular flexibility index (Phi) is 3.41. The fourth-order valence-corrected chi connectivity index (χ4v) is 1.51. The van der Waals surface area contributed by atoms with Gasteiger partial charge in [-0.1, -0.05) is 12.1 Å². The predicted octanol–water partition coefficient (Wildman–Crippen LogP) is 2.94. The van der Waals surface area contributed by atoms with E-state index in [0.29, 0.717) is 12.1 Å². The Morgan fingerprint density at radius 3 is 2.32 bits per heavy atom. The van der Waals surface area contributed by atoms with Crippen LogP contribution in [0.4, 0.5) is 24.5 Å². The van der Waals surface area contributed by atoms with Gasteiger partial charge in [-0.15, -0.1) is 0 Å². The normalized spacial score (nSPS) is 10.3. The lowest BCUT2D eigenvalue weighted by molar-refractivity contribution is 0.102. The van der Waals surface area contributed by atoms with Gasteiger partial charge in [0.1, 0.15) is 5.82 Å². The number of nitrogen functional groups attached to an aromatic ring is 1.